The Balaban J connectivity index is 1.57. The number of halogens is 3. The molecule has 4 rings (SSSR count). The van der Waals surface area contributed by atoms with E-state index in [-0.39, 0.29) is 20.6 Å². The molecule has 3 aromatic carbocycles. The highest BCUT2D eigenvalue weighted by atomic mass is 79.9. The van der Waals surface area contributed by atoms with Crippen LogP contribution in [0.1, 0.15) is 17.0 Å². The summed E-state index contributed by atoms with van der Waals surface area (Å²) < 4.78 is 30.9. The van der Waals surface area contributed by atoms with E-state index < -0.39 is 22.5 Å². The second-order valence-electron chi connectivity index (χ2n) is 8.39. The number of benzene rings is 3. The molecule has 0 saturated carbocycles. The zero-order valence-electron chi connectivity index (χ0n) is 20.4. The normalized spacial score (nSPS) is 11.6. The summed E-state index contributed by atoms with van der Waals surface area (Å²) >= 11 is 15.7. The van der Waals surface area contributed by atoms with E-state index in [1.54, 1.807) is 18.2 Å². The van der Waals surface area contributed by atoms with Crippen LogP contribution in [-0.2, 0) is 14.8 Å². The van der Waals surface area contributed by atoms with Crippen LogP contribution in [0.25, 0.3) is 5.69 Å². The van der Waals surface area contributed by atoms with Crippen LogP contribution in [0.5, 0.6) is 0 Å². The van der Waals surface area contributed by atoms with Gasteiger partial charge in [0.05, 0.1) is 16.8 Å². The minimum atomic E-state index is -4.11. The molecule has 0 saturated heterocycles. The largest absolute Gasteiger partial charge is 0.318 e. The Morgan fingerprint density at radius 2 is 1.68 bits per heavy atom. The van der Waals surface area contributed by atoms with Crippen LogP contribution in [0.3, 0.4) is 0 Å². The molecule has 11 heteroatoms. The van der Waals surface area contributed by atoms with E-state index in [0.717, 1.165) is 31.4 Å². The number of hydrazone groups is 1. The first kappa shape index (κ1) is 27.9. The number of aromatic nitrogens is 1. The average Bonchev–Trinajstić information content (AvgIpc) is 3.15. The van der Waals surface area contributed by atoms with Crippen molar-refractivity contribution >= 4 is 67.0 Å². The molecule has 196 valence electrons. The number of anilines is 1. The van der Waals surface area contributed by atoms with Gasteiger partial charge in [-0.1, -0.05) is 63.4 Å². The molecule has 0 spiro atoms. The molecule has 0 unspecified atom stereocenters. The number of sulfonamides is 1. The first-order valence-electron chi connectivity index (χ1n) is 11.4. The van der Waals surface area contributed by atoms with Gasteiger partial charge in [0.25, 0.3) is 15.9 Å². The smallest absolute Gasteiger partial charge is 0.264 e. The minimum absolute atomic E-state index is 0.0207. The number of carbonyl (C=O) groups excluding carboxylic acids is 1. The highest BCUT2D eigenvalue weighted by Crippen LogP contribution is 2.29. The van der Waals surface area contributed by atoms with Crippen LogP contribution < -0.4 is 9.73 Å². The molecule has 0 aliphatic rings. The van der Waals surface area contributed by atoms with Crippen molar-refractivity contribution in [3.05, 3.63) is 110 Å². The summed E-state index contributed by atoms with van der Waals surface area (Å²) in [5, 5.41) is 4.56. The van der Waals surface area contributed by atoms with Crippen molar-refractivity contribution in [1.82, 2.24) is 9.99 Å². The Hall–Kier alpha value is -3.11. The maximum Gasteiger partial charge on any atom is 0.264 e. The van der Waals surface area contributed by atoms with Gasteiger partial charge >= 0.3 is 0 Å². The average molecular weight is 634 g/mol. The standard InChI is InChI=1S/C27H23BrCl2N4O3S/c1-18-11-20(19(2)34(18)24-8-6-7-21(28)12-24)16-31-32-27(35)17-33(25-14-22(29)13-23(30)15-25)38(36,37)26-9-4-3-5-10-26/h3-16H,17H2,1-2H3,(H,32,35)/b31-16-. The Kier molecular flexibility index (Phi) is 8.62. The third-order valence-electron chi connectivity index (χ3n) is 5.68. The fourth-order valence-corrected chi connectivity index (χ4v) is 6.32. The maximum atomic E-state index is 13.4. The first-order valence-corrected chi connectivity index (χ1v) is 14.4. The molecule has 0 radical (unpaired) electrons. The van der Waals surface area contributed by atoms with Crippen LogP contribution in [0, 0.1) is 13.8 Å². The van der Waals surface area contributed by atoms with Gasteiger partial charge in [0.1, 0.15) is 6.54 Å². The highest BCUT2D eigenvalue weighted by Gasteiger charge is 2.27. The summed E-state index contributed by atoms with van der Waals surface area (Å²) in [6.45, 7) is 3.39. The van der Waals surface area contributed by atoms with E-state index in [1.165, 1.54) is 36.5 Å². The van der Waals surface area contributed by atoms with Crippen molar-refractivity contribution in [2.45, 2.75) is 18.7 Å². The van der Waals surface area contributed by atoms with Crippen molar-refractivity contribution in [2.24, 2.45) is 5.10 Å². The molecule has 1 aromatic heterocycles. The topological polar surface area (TPSA) is 83.8 Å². The van der Waals surface area contributed by atoms with Crippen molar-refractivity contribution in [2.75, 3.05) is 10.8 Å². The van der Waals surface area contributed by atoms with Crippen molar-refractivity contribution in [1.29, 1.82) is 0 Å². The Morgan fingerprint density at radius 3 is 2.34 bits per heavy atom. The fraction of sp³-hybridized carbons (Fsp3) is 0.111. The molecular formula is C27H23BrCl2N4O3S. The van der Waals surface area contributed by atoms with Crippen LogP contribution in [0.2, 0.25) is 10.0 Å². The predicted octanol–water partition coefficient (Wildman–Crippen LogP) is 6.51. The molecule has 0 aliphatic heterocycles. The van der Waals surface area contributed by atoms with E-state index >= 15 is 0 Å². The molecule has 0 bridgehead atoms. The van der Waals surface area contributed by atoms with Gasteiger partial charge in [0, 0.05) is 37.2 Å². The van der Waals surface area contributed by atoms with E-state index in [1.807, 2.05) is 44.2 Å². The number of nitrogens with one attached hydrogen (secondary N) is 1. The van der Waals surface area contributed by atoms with Crippen LogP contribution in [0.4, 0.5) is 5.69 Å². The summed E-state index contributed by atoms with van der Waals surface area (Å²) in [6.07, 6.45) is 1.53. The third-order valence-corrected chi connectivity index (χ3v) is 8.40. The molecule has 0 aliphatic carbocycles. The van der Waals surface area contributed by atoms with Gasteiger partial charge in [-0.3, -0.25) is 9.10 Å². The minimum Gasteiger partial charge on any atom is -0.318 e. The zero-order chi connectivity index (χ0) is 27.4. The molecule has 0 atom stereocenters. The number of nitrogens with zero attached hydrogens (tertiary/aromatic N) is 3. The molecule has 38 heavy (non-hydrogen) atoms. The molecule has 1 heterocycles. The number of hydrogen-bond donors (Lipinski definition) is 1. The van der Waals surface area contributed by atoms with E-state index in [9.17, 15) is 13.2 Å². The number of aryl methyl sites for hydroxylation is 1. The summed E-state index contributed by atoms with van der Waals surface area (Å²) in [7, 11) is -4.11. The second kappa shape index (κ2) is 11.7. The second-order valence-corrected chi connectivity index (χ2v) is 12.0. The molecule has 1 N–H and O–H groups in total. The lowest BCUT2D eigenvalue weighted by Gasteiger charge is -2.24. The van der Waals surface area contributed by atoms with Crippen LogP contribution >= 0.6 is 39.1 Å². The molecule has 7 nitrogen and oxygen atoms in total. The zero-order valence-corrected chi connectivity index (χ0v) is 24.3. The molecular weight excluding hydrogens is 611 g/mol. The van der Waals surface area contributed by atoms with E-state index in [4.69, 9.17) is 23.2 Å². The molecule has 4 aromatic rings. The Bertz CT molecular complexity index is 1600. The highest BCUT2D eigenvalue weighted by molar-refractivity contribution is 9.10. The van der Waals surface area contributed by atoms with Gasteiger partial charge in [-0.05, 0) is 68.4 Å². The van der Waals surface area contributed by atoms with Gasteiger partial charge in [-0.15, -0.1) is 0 Å². The van der Waals surface area contributed by atoms with E-state index in [2.05, 4.69) is 31.0 Å². The van der Waals surface area contributed by atoms with Gasteiger partial charge < -0.3 is 4.57 Å². The number of amides is 1. The lowest BCUT2D eigenvalue weighted by Crippen LogP contribution is -2.39. The Labute approximate surface area is 239 Å². The predicted molar refractivity (Wildman–Crippen MR) is 156 cm³/mol. The lowest BCUT2D eigenvalue weighted by molar-refractivity contribution is -0.119. The summed E-state index contributed by atoms with van der Waals surface area (Å²) in [5.74, 6) is -0.641. The number of rotatable bonds is 8. The summed E-state index contributed by atoms with van der Waals surface area (Å²) in [5.41, 5.74) is 6.30. The first-order chi connectivity index (χ1) is 18.1. The van der Waals surface area contributed by atoms with Gasteiger partial charge in [-0.25, -0.2) is 13.8 Å². The number of carbonyl (C=O) groups is 1. The maximum absolute atomic E-state index is 13.4. The van der Waals surface area contributed by atoms with Crippen molar-refractivity contribution < 1.29 is 13.2 Å². The molecule has 0 fully saturated rings. The van der Waals surface area contributed by atoms with Crippen molar-refractivity contribution in [3.8, 4) is 5.69 Å². The van der Waals surface area contributed by atoms with Crippen LogP contribution in [0.15, 0.2) is 93.3 Å². The van der Waals surface area contributed by atoms with E-state index in [0.29, 0.717) is 0 Å². The van der Waals surface area contributed by atoms with Gasteiger partial charge in [0.15, 0.2) is 0 Å². The van der Waals surface area contributed by atoms with Gasteiger partial charge in [-0.2, -0.15) is 5.10 Å². The number of hydrogen-bond acceptors (Lipinski definition) is 4. The summed E-state index contributed by atoms with van der Waals surface area (Å²) in [4.78, 5) is 12.9. The van der Waals surface area contributed by atoms with Crippen LogP contribution in [-0.4, -0.2) is 31.7 Å². The third kappa shape index (κ3) is 6.30. The summed E-state index contributed by atoms with van der Waals surface area (Å²) in [6, 6.07) is 22.0. The lowest BCUT2D eigenvalue weighted by atomic mass is 10.2. The monoisotopic (exact) mass is 632 g/mol. The van der Waals surface area contributed by atoms with Gasteiger partial charge in [0.2, 0.25) is 0 Å². The Morgan fingerprint density at radius 1 is 1.00 bits per heavy atom. The fourth-order valence-electron chi connectivity index (χ4n) is 3.99. The SMILES string of the molecule is Cc1cc(/C=N\NC(=O)CN(c2cc(Cl)cc(Cl)c2)S(=O)(=O)c2ccccc2)c(C)n1-c1cccc(Br)c1. The quantitative estimate of drug-likeness (QED) is 0.177. The van der Waals surface area contributed by atoms with Crippen molar-refractivity contribution in [3.63, 3.8) is 0 Å². The molecule has 1 amide bonds.